The van der Waals surface area contributed by atoms with Gasteiger partial charge in [-0.2, -0.15) is 0 Å². The lowest BCUT2D eigenvalue weighted by Gasteiger charge is -2.09. The van der Waals surface area contributed by atoms with Gasteiger partial charge in [-0.05, 0) is 9.50 Å². The monoisotopic (exact) mass is 262 g/mol. The predicted octanol–water partition coefficient (Wildman–Crippen LogP) is 4.09. The van der Waals surface area contributed by atoms with E-state index in [9.17, 15) is 0 Å². The fourth-order valence-electron chi connectivity index (χ4n) is 0.515. The number of hydrogen-bond acceptors (Lipinski definition) is 0. The lowest BCUT2D eigenvalue weighted by atomic mass is 9.96. The Morgan fingerprint density at radius 1 is 0.909 bits per heavy atom. The van der Waals surface area contributed by atoms with Crippen LogP contribution < -0.4 is 0 Å². The molecule has 0 fully saturated rings. The fraction of sp³-hybridized carbons (Fsp3) is 0.400. The second kappa shape index (κ2) is 5.58. The first-order valence-electron chi connectivity index (χ1n) is 3.67. The van der Waals surface area contributed by atoms with Gasteiger partial charge in [0.1, 0.15) is 0 Å². The summed E-state index contributed by atoms with van der Waals surface area (Å²) < 4.78 is 1.99. The third kappa shape index (κ3) is 9.95. The van der Waals surface area contributed by atoms with Crippen molar-refractivity contribution in [2.45, 2.75) is 20.8 Å². The van der Waals surface area contributed by atoms with Crippen molar-refractivity contribution in [2.75, 3.05) is 0 Å². The Morgan fingerprint density at radius 2 is 1.45 bits per heavy atom. The second-order valence-corrected chi connectivity index (χ2v) is 4.15. The molecular weight excluding hydrogens is 247 g/mol. The molecule has 0 bridgehead atoms. The highest BCUT2D eigenvalue weighted by atomic mass is 127. The van der Waals surface area contributed by atoms with Gasteiger partial charge in [0, 0.05) is 0 Å². The normalized spacial score (nSPS) is 14.2. The third-order valence-corrected chi connectivity index (χ3v) is 1.42. The molecule has 0 saturated carbocycles. The SMILES string of the molecule is CC(C)(C)/C=C/C=C/C=C/I. The molecule has 62 valence electrons. The summed E-state index contributed by atoms with van der Waals surface area (Å²) in [7, 11) is 0. The van der Waals surface area contributed by atoms with E-state index in [4.69, 9.17) is 0 Å². The second-order valence-electron chi connectivity index (χ2n) is 3.43. The Hall–Kier alpha value is -0.0500. The smallest absolute Gasteiger partial charge is 0.0200 e. The van der Waals surface area contributed by atoms with Crippen LogP contribution in [0, 0.1) is 5.41 Å². The zero-order chi connectivity index (χ0) is 8.74. The summed E-state index contributed by atoms with van der Waals surface area (Å²) in [5, 5.41) is 0. The van der Waals surface area contributed by atoms with Crippen LogP contribution >= 0.6 is 22.6 Å². The molecule has 0 amide bonds. The van der Waals surface area contributed by atoms with E-state index < -0.39 is 0 Å². The molecule has 0 aliphatic heterocycles. The van der Waals surface area contributed by atoms with E-state index in [1.54, 1.807) is 0 Å². The van der Waals surface area contributed by atoms with Gasteiger partial charge in [0.25, 0.3) is 0 Å². The Morgan fingerprint density at radius 3 is 1.91 bits per heavy atom. The summed E-state index contributed by atoms with van der Waals surface area (Å²) >= 11 is 2.20. The quantitative estimate of drug-likeness (QED) is 0.519. The summed E-state index contributed by atoms with van der Waals surface area (Å²) in [6, 6.07) is 0. The van der Waals surface area contributed by atoms with E-state index in [-0.39, 0.29) is 0 Å². The van der Waals surface area contributed by atoms with Gasteiger partial charge in [-0.3, -0.25) is 0 Å². The molecule has 0 heterocycles. The first kappa shape index (κ1) is 11.0. The molecule has 0 unspecified atom stereocenters. The summed E-state index contributed by atoms with van der Waals surface area (Å²) in [4.78, 5) is 0. The van der Waals surface area contributed by atoms with Crippen LogP contribution in [-0.2, 0) is 0 Å². The average Bonchev–Trinajstić information content (AvgIpc) is 1.85. The Labute approximate surface area is 83.2 Å². The van der Waals surface area contributed by atoms with Gasteiger partial charge in [-0.25, -0.2) is 0 Å². The standard InChI is InChI=1S/C10H15I/c1-10(2,3)8-6-4-5-7-9-11/h4-9H,1-3H3/b5-4+,8-6+,9-7+. The van der Waals surface area contributed by atoms with Crippen LogP contribution in [0.5, 0.6) is 0 Å². The van der Waals surface area contributed by atoms with Crippen molar-refractivity contribution in [3.05, 3.63) is 34.5 Å². The van der Waals surface area contributed by atoms with E-state index in [0.717, 1.165) is 0 Å². The summed E-state index contributed by atoms with van der Waals surface area (Å²) in [6.45, 7) is 6.56. The zero-order valence-electron chi connectivity index (χ0n) is 7.34. The van der Waals surface area contributed by atoms with Crippen LogP contribution in [0.4, 0.5) is 0 Å². The number of halogens is 1. The largest absolute Gasteiger partial charge is 0.0791 e. The number of rotatable bonds is 2. The van der Waals surface area contributed by atoms with Crippen molar-refractivity contribution in [1.29, 1.82) is 0 Å². The highest BCUT2D eigenvalue weighted by Crippen LogP contribution is 2.14. The first-order chi connectivity index (χ1) is 5.06. The summed E-state index contributed by atoms with van der Waals surface area (Å²) in [5.41, 5.74) is 0.290. The Kier molecular flexibility index (Phi) is 5.56. The van der Waals surface area contributed by atoms with Crippen LogP contribution in [-0.4, -0.2) is 0 Å². The Bertz CT molecular complexity index is 168. The molecule has 0 nitrogen and oxygen atoms in total. The van der Waals surface area contributed by atoms with E-state index in [1.165, 1.54) is 0 Å². The molecule has 0 N–H and O–H groups in total. The predicted molar refractivity (Wildman–Crippen MR) is 60.9 cm³/mol. The van der Waals surface area contributed by atoms with E-state index in [0.29, 0.717) is 5.41 Å². The van der Waals surface area contributed by atoms with Crippen molar-refractivity contribution in [2.24, 2.45) is 5.41 Å². The molecule has 0 rings (SSSR count). The lowest BCUT2D eigenvalue weighted by Crippen LogP contribution is -1.97. The lowest BCUT2D eigenvalue weighted by molar-refractivity contribution is 0.544. The molecule has 0 saturated heterocycles. The number of allylic oxidation sites excluding steroid dienone is 5. The van der Waals surface area contributed by atoms with Gasteiger partial charge >= 0.3 is 0 Å². The van der Waals surface area contributed by atoms with Crippen molar-refractivity contribution in [3.63, 3.8) is 0 Å². The molecule has 0 atom stereocenters. The highest BCUT2D eigenvalue weighted by Gasteiger charge is 2.01. The Balaban J connectivity index is 3.78. The van der Waals surface area contributed by atoms with Crippen LogP contribution in [0.1, 0.15) is 20.8 Å². The van der Waals surface area contributed by atoms with Crippen LogP contribution in [0.3, 0.4) is 0 Å². The summed E-state index contributed by atoms with van der Waals surface area (Å²) in [5.74, 6) is 0. The molecule has 1 heteroatoms. The van der Waals surface area contributed by atoms with E-state index in [1.807, 2.05) is 22.3 Å². The summed E-state index contributed by atoms with van der Waals surface area (Å²) in [6.07, 6.45) is 10.3. The first-order valence-corrected chi connectivity index (χ1v) is 4.92. The molecule has 0 aromatic heterocycles. The maximum absolute atomic E-state index is 2.20. The van der Waals surface area contributed by atoms with E-state index >= 15 is 0 Å². The fourth-order valence-corrected chi connectivity index (χ4v) is 0.754. The molecule has 0 aromatic rings. The molecular formula is C10H15I. The molecule has 0 spiro atoms. The van der Waals surface area contributed by atoms with Gasteiger partial charge < -0.3 is 0 Å². The van der Waals surface area contributed by atoms with Gasteiger partial charge in [0.05, 0.1) is 0 Å². The minimum absolute atomic E-state index is 0.290. The van der Waals surface area contributed by atoms with E-state index in [2.05, 4.69) is 55.5 Å². The van der Waals surface area contributed by atoms with Crippen molar-refractivity contribution in [3.8, 4) is 0 Å². The van der Waals surface area contributed by atoms with Crippen molar-refractivity contribution < 1.29 is 0 Å². The van der Waals surface area contributed by atoms with Crippen LogP contribution in [0.25, 0.3) is 0 Å². The molecule has 0 radical (unpaired) electrons. The van der Waals surface area contributed by atoms with Gasteiger partial charge in [0.2, 0.25) is 0 Å². The molecule has 11 heavy (non-hydrogen) atoms. The third-order valence-electron chi connectivity index (χ3n) is 1.00. The molecule has 0 aliphatic rings. The van der Waals surface area contributed by atoms with Gasteiger partial charge in [-0.1, -0.05) is 73.7 Å². The average molecular weight is 262 g/mol. The van der Waals surface area contributed by atoms with Crippen molar-refractivity contribution >= 4 is 22.6 Å². The molecule has 0 aromatic carbocycles. The molecule has 0 aliphatic carbocycles. The van der Waals surface area contributed by atoms with Gasteiger partial charge in [0.15, 0.2) is 0 Å². The highest BCUT2D eigenvalue weighted by molar-refractivity contribution is 14.1. The topological polar surface area (TPSA) is 0 Å². The van der Waals surface area contributed by atoms with Gasteiger partial charge in [-0.15, -0.1) is 0 Å². The van der Waals surface area contributed by atoms with Crippen LogP contribution in [0.15, 0.2) is 34.5 Å². The minimum atomic E-state index is 0.290. The maximum atomic E-state index is 2.20. The van der Waals surface area contributed by atoms with Crippen molar-refractivity contribution in [1.82, 2.24) is 0 Å². The maximum Gasteiger partial charge on any atom is -0.0200 e. The number of hydrogen-bond donors (Lipinski definition) is 0. The zero-order valence-corrected chi connectivity index (χ0v) is 9.50. The van der Waals surface area contributed by atoms with Crippen LogP contribution in [0.2, 0.25) is 0 Å². The minimum Gasteiger partial charge on any atom is -0.0791 e.